The van der Waals surface area contributed by atoms with E-state index in [1.54, 1.807) is 45.0 Å². The summed E-state index contributed by atoms with van der Waals surface area (Å²) < 4.78 is 42.9. The largest absolute Gasteiger partial charge is 0.350 e. The molecule has 0 radical (unpaired) electrons. The zero-order valence-corrected chi connectivity index (χ0v) is 23.3. The molecule has 0 aliphatic heterocycles. The van der Waals surface area contributed by atoms with E-state index < -0.39 is 45.8 Å². The Balaban J connectivity index is 2.03. The lowest BCUT2D eigenvalue weighted by molar-refractivity contribution is -0.140. The van der Waals surface area contributed by atoms with Gasteiger partial charge in [-0.05, 0) is 70.2 Å². The zero-order chi connectivity index (χ0) is 28.1. The fourth-order valence-electron chi connectivity index (χ4n) is 3.72. The van der Waals surface area contributed by atoms with Crippen LogP contribution in [0.4, 0.5) is 10.1 Å². The first-order valence-electron chi connectivity index (χ1n) is 12.0. The Labute approximate surface area is 228 Å². The van der Waals surface area contributed by atoms with Crippen molar-refractivity contribution in [1.82, 2.24) is 10.2 Å². The third-order valence-corrected chi connectivity index (χ3v) is 7.73. The molecule has 7 nitrogen and oxygen atoms in total. The van der Waals surface area contributed by atoms with Crippen molar-refractivity contribution in [3.8, 4) is 0 Å². The van der Waals surface area contributed by atoms with Gasteiger partial charge in [-0.1, -0.05) is 48.0 Å². The summed E-state index contributed by atoms with van der Waals surface area (Å²) in [5.41, 5.74) is -0.172. The van der Waals surface area contributed by atoms with Crippen LogP contribution in [0, 0.1) is 5.82 Å². The molecule has 1 N–H and O–H groups in total. The van der Waals surface area contributed by atoms with Gasteiger partial charge in [-0.3, -0.25) is 13.9 Å². The van der Waals surface area contributed by atoms with Crippen LogP contribution in [0.25, 0.3) is 0 Å². The molecule has 0 spiro atoms. The minimum Gasteiger partial charge on any atom is -0.350 e. The lowest BCUT2D eigenvalue weighted by Gasteiger charge is -2.33. The minimum absolute atomic E-state index is 0.0121. The predicted octanol–water partition coefficient (Wildman–Crippen LogP) is 5.01. The number of carbonyl (C=O) groups is 2. The van der Waals surface area contributed by atoms with Crippen molar-refractivity contribution in [1.29, 1.82) is 0 Å². The Morgan fingerprint density at radius 3 is 2.11 bits per heavy atom. The minimum atomic E-state index is -4.18. The molecule has 202 valence electrons. The fraction of sp³-hybridized carbons (Fsp3) is 0.286. The number of sulfonamides is 1. The number of anilines is 1. The number of halogens is 2. The highest BCUT2D eigenvalue weighted by Crippen LogP contribution is 2.26. The molecule has 0 aliphatic rings. The van der Waals surface area contributed by atoms with Crippen LogP contribution in [0.15, 0.2) is 83.8 Å². The van der Waals surface area contributed by atoms with Gasteiger partial charge in [0, 0.05) is 22.7 Å². The predicted molar refractivity (Wildman–Crippen MR) is 147 cm³/mol. The number of benzene rings is 3. The zero-order valence-electron chi connectivity index (χ0n) is 21.7. The number of hydrogen-bond donors (Lipinski definition) is 1. The van der Waals surface area contributed by atoms with Gasteiger partial charge in [0.05, 0.1) is 10.6 Å². The number of hydrogen-bond acceptors (Lipinski definition) is 4. The van der Waals surface area contributed by atoms with Crippen LogP contribution in [0.1, 0.15) is 33.3 Å². The van der Waals surface area contributed by atoms with E-state index in [9.17, 15) is 22.4 Å². The third-order valence-electron chi connectivity index (χ3n) is 5.69. The van der Waals surface area contributed by atoms with E-state index in [2.05, 4.69) is 5.32 Å². The lowest BCUT2D eigenvalue weighted by Crippen LogP contribution is -2.54. The Kier molecular flexibility index (Phi) is 9.17. The molecule has 0 saturated carbocycles. The second-order valence-electron chi connectivity index (χ2n) is 9.83. The molecule has 0 saturated heterocycles. The topological polar surface area (TPSA) is 86.8 Å². The molecule has 0 fully saturated rings. The first-order valence-corrected chi connectivity index (χ1v) is 13.8. The van der Waals surface area contributed by atoms with Crippen molar-refractivity contribution < 1.29 is 22.4 Å². The lowest BCUT2D eigenvalue weighted by atomic mass is 10.1. The SMILES string of the molecule is C[C@H](C(=O)NC(C)(C)C)N(Cc1ccccc1F)C(=O)CN(c1ccc(Cl)cc1)S(=O)(=O)c1ccccc1. The molecular weight excluding hydrogens is 529 g/mol. The molecule has 3 aromatic rings. The van der Waals surface area contributed by atoms with Crippen molar-refractivity contribution in [3.05, 3.63) is 95.3 Å². The molecule has 0 heterocycles. The summed E-state index contributed by atoms with van der Waals surface area (Å²) in [6.45, 7) is 6.07. The van der Waals surface area contributed by atoms with Crippen LogP contribution in [0.5, 0.6) is 0 Å². The molecular formula is C28H31ClFN3O4S. The smallest absolute Gasteiger partial charge is 0.264 e. The average Bonchev–Trinajstić information content (AvgIpc) is 2.86. The van der Waals surface area contributed by atoms with Gasteiger partial charge < -0.3 is 10.2 Å². The molecule has 0 aliphatic carbocycles. The van der Waals surface area contributed by atoms with E-state index in [0.717, 1.165) is 4.31 Å². The fourth-order valence-corrected chi connectivity index (χ4v) is 5.28. The van der Waals surface area contributed by atoms with E-state index in [-0.39, 0.29) is 22.7 Å². The van der Waals surface area contributed by atoms with E-state index >= 15 is 0 Å². The normalized spacial score (nSPS) is 12.5. The first kappa shape index (κ1) is 29.1. The standard InChI is InChI=1S/C28H31ClFN3O4S/c1-20(27(35)31-28(2,3)4)32(18-21-10-8-9-13-25(21)30)26(34)19-33(23-16-14-22(29)15-17-23)38(36,37)24-11-6-5-7-12-24/h5-17,20H,18-19H2,1-4H3,(H,31,35)/t20-/m1/s1. The number of nitrogens with one attached hydrogen (secondary N) is 1. The van der Waals surface area contributed by atoms with Crippen LogP contribution < -0.4 is 9.62 Å². The van der Waals surface area contributed by atoms with E-state index in [0.29, 0.717) is 5.02 Å². The van der Waals surface area contributed by atoms with Gasteiger partial charge in [-0.15, -0.1) is 0 Å². The summed E-state index contributed by atoms with van der Waals surface area (Å²) >= 11 is 6.01. The summed E-state index contributed by atoms with van der Waals surface area (Å²) in [7, 11) is -4.18. The van der Waals surface area contributed by atoms with Crippen LogP contribution in [-0.2, 0) is 26.2 Å². The number of nitrogens with zero attached hydrogens (tertiary/aromatic N) is 2. The van der Waals surface area contributed by atoms with Gasteiger partial charge in [0.1, 0.15) is 18.4 Å². The monoisotopic (exact) mass is 559 g/mol. The second kappa shape index (κ2) is 12.0. The van der Waals surface area contributed by atoms with Crippen molar-refractivity contribution in [2.75, 3.05) is 10.8 Å². The van der Waals surface area contributed by atoms with E-state index in [4.69, 9.17) is 11.6 Å². The summed E-state index contributed by atoms with van der Waals surface area (Å²) in [5.74, 6) is -1.68. The van der Waals surface area contributed by atoms with Gasteiger partial charge >= 0.3 is 0 Å². The quantitative estimate of drug-likeness (QED) is 0.399. The molecule has 2 amide bonds. The highest BCUT2D eigenvalue weighted by molar-refractivity contribution is 7.92. The molecule has 0 aromatic heterocycles. The van der Waals surface area contributed by atoms with Gasteiger partial charge in [0.15, 0.2) is 0 Å². The van der Waals surface area contributed by atoms with Gasteiger partial charge in [-0.25, -0.2) is 12.8 Å². The average molecular weight is 560 g/mol. The van der Waals surface area contributed by atoms with Crippen LogP contribution in [-0.4, -0.2) is 43.3 Å². The van der Waals surface area contributed by atoms with Crippen LogP contribution in [0.3, 0.4) is 0 Å². The molecule has 0 unspecified atom stereocenters. The number of amides is 2. The molecule has 1 atom stereocenters. The van der Waals surface area contributed by atoms with Crippen molar-refractivity contribution in [2.24, 2.45) is 0 Å². The molecule has 3 aromatic carbocycles. The maximum absolute atomic E-state index is 14.6. The molecule has 38 heavy (non-hydrogen) atoms. The Morgan fingerprint density at radius 2 is 1.53 bits per heavy atom. The summed E-state index contributed by atoms with van der Waals surface area (Å²) in [5, 5.41) is 3.22. The first-order chi connectivity index (χ1) is 17.8. The summed E-state index contributed by atoms with van der Waals surface area (Å²) in [6.07, 6.45) is 0. The van der Waals surface area contributed by atoms with Gasteiger partial charge in [0.25, 0.3) is 10.0 Å². The Morgan fingerprint density at radius 1 is 0.947 bits per heavy atom. The maximum atomic E-state index is 14.6. The molecule has 3 rings (SSSR count). The van der Waals surface area contributed by atoms with Gasteiger partial charge in [-0.2, -0.15) is 0 Å². The van der Waals surface area contributed by atoms with E-state index in [1.807, 2.05) is 0 Å². The second-order valence-corrected chi connectivity index (χ2v) is 12.1. The van der Waals surface area contributed by atoms with Crippen LogP contribution in [0.2, 0.25) is 5.02 Å². The Hall–Kier alpha value is -3.43. The highest BCUT2D eigenvalue weighted by atomic mass is 35.5. The number of rotatable bonds is 9. The third kappa shape index (κ3) is 7.33. The highest BCUT2D eigenvalue weighted by Gasteiger charge is 2.33. The van der Waals surface area contributed by atoms with Crippen LogP contribution >= 0.6 is 11.6 Å². The molecule has 10 heteroatoms. The Bertz CT molecular complexity index is 1380. The van der Waals surface area contributed by atoms with E-state index in [1.165, 1.54) is 66.4 Å². The molecule has 0 bridgehead atoms. The summed E-state index contributed by atoms with van der Waals surface area (Å²) in [6, 6.07) is 18.6. The van der Waals surface area contributed by atoms with Crippen molar-refractivity contribution in [2.45, 2.75) is 50.7 Å². The maximum Gasteiger partial charge on any atom is 0.264 e. The van der Waals surface area contributed by atoms with Crippen molar-refractivity contribution in [3.63, 3.8) is 0 Å². The summed E-state index contributed by atoms with van der Waals surface area (Å²) in [4.78, 5) is 28.0. The van der Waals surface area contributed by atoms with Crippen molar-refractivity contribution >= 4 is 39.1 Å². The number of carbonyl (C=O) groups excluding carboxylic acids is 2. The van der Waals surface area contributed by atoms with Gasteiger partial charge in [0.2, 0.25) is 11.8 Å².